The fourth-order valence-corrected chi connectivity index (χ4v) is 3.56. The van der Waals surface area contributed by atoms with Crippen molar-refractivity contribution in [3.63, 3.8) is 0 Å². The molecule has 3 aromatic rings. The Balaban J connectivity index is 1.50. The molecule has 0 aliphatic carbocycles. The fourth-order valence-electron chi connectivity index (χ4n) is 3.56. The van der Waals surface area contributed by atoms with Crippen molar-refractivity contribution in [1.82, 2.24) is 15.3 Å². The summed E-state index contributed by atoms with van der Waals surface area (Å²) in [4.78, 5) is 18.2. The molecule has 2 aromatic heterocycles. The summed E-state index contributed by atoms with van der Waals surface area (Å²) in [6.07, 6.45) is -1.11. The second-order valence-corrected chi connectivity index (χ2v) is 7.52. The van der Waals surface area contributed by atoms with Crippen molar-refractivity contribution in [2.75, 3.05) is 25.1 Å². The molecule has 1 aliphatic heterocycles. The van der Waals surface area contributed by atoms with Gasteiger partial charge >= 0.3 is 12.2 Å². The molecular formula is C21H19F5N4O3. The first-order valence-electron chi connectivity index (χ1n) is 10.0. The highest BCUT2D eigenvalue weighted by Crippen LogP contribution is 2.40. The van der Waals surface area contributed by atoms with E-state index in [9.17, 15) is 26.7 Å². The van der Waals surface area contributed by atoms with Crippen LogP contribution in [0.2, 0.25) is 0 Å². The molecule has 0 radical (unpaired) electrons. The van der Waals surface area contributed by atoms with Gasteiger partial charge in [-0.3, -0.25) is 0 Å². The monoisotopic (exact) mass is 470 g/mol. The predicted octanol–water partition coefficient (Wildman–Crippen LogP) is 5.20. The first kappa shape index (κ1) is 22.8. The van der Waals surface area contributed by atoms with Gasteiger partial charge in [0.25, 0.3) is 0 Å². The van der Waals surface area contributed by atoms with Crippen LogP contribution in [0.25, 0.3) is 11.0 Å². The Hall–Kier alpha value is -3.41. The number of hydrogen-bond acceptors (Lipinski definition) is 4. The lowest BCUT2D eigenvalue weighted by molar-refractivity contribution is -0.136. The predicted molar refractivity (Wildman–Crippen MR) is 108 cm³/mol. The number of aromatic nitrogens is 2. The van der Waals surface area contributed by atoms with Gasteiger partial charge in [-0.15, -0.1) is 0 Å². The molecule has 1 fully saturated rings. The van der Waals surface area contributed by atoms with Crippen LogP contribution in [-0.2, 0) is 10.9 Å². The summed E-state index contributed by atoms with van der Waals surface area (Å²) in [5, 5.41) is 4.47. The van der Waals surface area contributed by atoms with E-state index in [1.165, 1.54) is 0 Å². The lowest BCUT2D eigenvalue weighted by Gasteiger charge is -2.22. The van der Waals surface area contributed by atoms with Gasteiger partial charge in [-0.05, 0) is 24.8 Å². The molecule has 3 N–H and O–H groups in total. The average Bonchev–Trinajstić information content (AvgIpc) is 3.21. The van der Waals surface area contributed by atoms with Gasteiger partial charge in [-0.25, -0.2) is 18.6 Å². The maximum absolute atomic E-state index is 14.6. The van der Waals surface area contributed by atoms with Crippen LogP contribution >= 0.6 is 0 Å². The number of anilines is 1. The minimum atomic E-state index is -4.73. The van der Waals surface area contributed by atoms with Crippen molar-refractivity contribution >= 4 is 22.8 Å². The summed E-state index contributed by atoms with van der Waals surface area (Å²) in [7, 11) is 0. The van der Waals surface area contributed by atoms with Gasteiger partial charge in [0.05, 0.1) is 17.6 Å². The Morgan fingerprint density at radius 1 is 1.27 bits per heavy atom. The van der Waals surface area contributed by atoms with E-state index in [4.69, 9.17) is 9.47 Å². The second-order valence-electron chi connectivity index (χ2n) is 7.52. The van der Waals surface area contributed by atoms with Gasteiger partial charge in [0.2, 0.25) is 0 Å². The van der Waals surface area contributed by atoms with E-state index in [2.05, 4.69) is 20.6 Å². The average molecular weight is 470 g/mol. The van der Waals surface area contributed by atoms with Crippen LogP contribution < -0.4 is 15.4 Å². The van der Waals surface area contributed by atoms with Crippen LogP contribution in [0, 0.1) is 17.6 Å². The molecule has 1 aromatic carbocycles. The van der Waals surface area contributed by atoms with Gasteiger partial charge in [-0.1, -0.05) is 0 Å². The lowest BCUT2D eigenvalue weighted by atomic mass is 10.0. The number of halogens is 5. The Labute approximate surface area is 184 Å². The summed E-state index contributed by atoms with van der Waals surface area (Å²) in [5.74, 6) is -3.61. The largest absolute Gasteiger partial charge is 0.450 e. The van der Waals surface area contributed by atoms with E-state index < -0.39 is 46.3 Å². The lowest BCUT2D eigenvalue weighted by Crippen LogP contribution is -2.35. The molecule has 176 valence electrons. The topological polar surface area (TPSA) is 88.3 Å². The van der Waals surface area contributed by atoms with Gasteiger partial charge in [0.15, 0.2) is 17.4 Å². The SMILES string of the molecule is O=C(NCC1CCCOC1)Nc1cc(F)c(Oc2ccnc3[nH]cc(C(F)(F)F)c23)c(F)c1. The highest BCUT2D eigenvalue weighted by molar-refractivity contribution is 5.89. The molecule has 1 atom stereocenters. The summed E-state index contributed by atoms with van der Waals surface area (Å²) < 4.78 is 79.5. The van der Waals surface area contributed by atoms with Gasteiger partial charge in [-0.2, -0.15) is 13.2 Å². The normalized spacial score (nSPS) is 16.6. The first-order valence-corrected chi connectivity index (χ1v) is 10.0. The summed E-state index contributed by atoms with van der Waals surface area (Å²) >= 11 is 0. The van der Waals surface area contributed by atoms with Crippen LogP contribution in [-0.4, -0.2) is 35.8 Å². The number of alkyl halides is 3. The second kappa shape index (κ2) is 9.22. The van der Waals surface area contributed by atoms with Crippen LogP contribution in [0.4, 0.5) is 32.4 Å². The zero-order chi connectivity index (χ0) is 23.6. The van der Waals surface area contributed by atoms with Crippen LogP contribution in [0.15, 0.2) is 30.6 Å². The molecule has 12 heteroatoms. The van der Waals surface area contributed by atoms with E-state index >= 15 is 0 Å². The summed E-state index contributed by atoms with van der Waals surface area (Å²) in [6, 6.07) is 2.02. The Bertz CT molecular complexity index is 1140. The number of nitrogens with one attached hydrogen (secondary N) is 3. The molecule has 33 heavy (non-hydrogen) atoms. The van der Waals surface area contributed by atoms with Crippen LogP contribution in [0.3, 0.4) is 0 Å². The number of nitrogens with zero attached hydrogens (tertiary/aromatic N) is 1. The Morgan fingerprint density at radius 3 is 2.70 bits per heavy atom. The van der Waals surface area contributed by atoms with Crippen molar-refractivity contribution in [3.05, 3.63) is 47.8 Å². The highest BCUT2D eigenvalue weighted by atomic mass is 19.4. The number of pyridine rings is 1. The number of hydrogen-bond donors (Lipinski definition) is 3. The van der Waals surface area contributed by atoms with Gasteiger partial charge in [0, 0.05) is 43.4 Å². The van der Waals surface area contributed by atoms with Crippen molar-refractivity contribution in [3.8, 4) is 11.5 Å². The van der Waals surface area contributed by atoms with E-state index in [0.717, 1.165) is 37.2 Å². The molecular weight excluding hydrogens is 451 g/mol. The molecule has 1 aliphatic rings. The van der Waals surface area contributed by atoms with Crippen molar-refractivity contribution in [2.24, 2.45) is 5.92 Å². The van der Waals surface area contributed by atoms with E-state index in [0.29, 0.717) is 26.0 Å². The van der Waals surface area contributed by atoms with E-state index in [1.807, 2.05) is 0 Å². The van der Waals surface area contributed by atoms with E-state index in [-0.39, 0.29) is 17.3 Å². The molecule has 1 saturated heterocycles. The Kier molecular flexibility index (Phi) is 6.36. The standard InChI is InChI=1S/C21H19F5N4O3/c22-14-6-12(30-20(31)29-8-11-2-1-5-32-10-11)7-15(23)18(14)33-16-3-4-27-19-17(16)13(9-28-19)21(24,25)26/h3-4,6-7,9,11H,1-2,5,8,10H2,(H,27,28)(H2,29,30,31). The quantitative estimate of drug-likeness (QED) is 0.448. The number of benzene rings is 1. The highest BCUT2D eigenvalue weighted by Gasteiger charge is 2.35. The summed E-state index contributed by atoms with van der Waals surface area (Å²) in [5.41, 5.74) is -1.43. The maximum atomic E-state index is 14.6. The third-order valence-corrected chi connectivity index (χ3v) is 5.11. The fraction of sp³-hybridized carbons (Fsp3) is 0.333. The zero-order valence-electron chi connectivity index (χ0n) is 17.1. The molecule has 3 heterocycles. The number of ether oxygens (including phenoxy) is 2. The molecule has 2 amide bonds. The van der Waals surface area contributed by atoms with Gasteiger partial charge in [0.1, 0.15) is 11.4 Å². The van der Waals surface area contributed by atoms with Crippen molar-refractivity contribution < 1.29 is 36.2 Å². The molecule has 7 nitrogen and oxygen atoms in total. The zero-order valence-corrected chi connectivity index (χ0v) is 17.1. The van der Waals surface area contributed by atoms with Crippen molar-refractivity contribution in [1.29, 1.82) is 0 Å². The number of amides is 2. The number of urea groups is 1. The third-order valence-electron chi connectivity index (χ3n) is 5.11. The van der Waals surface area contributed by atoms with E-state index in [1.54, 1.807) is 0 Å². The maximum Gasteiger partial charge on any atom is 0.418 e. The molecule has 4 rings (SSSR count). The molecule has 0 spiro atoms. The summed E-state index contributed by atoms with van der Waals surface area (Å²) in [6.45, 7) is 1.55. The number of rotatable bonds is 5. The van der Waals surface area contributed by atoms with Crippen molar-refractivity contribution in [2.45, 2.75) is 19.0 Å². The smallest absolute Gasteiger partial charge is 0.418 e. The van der Waals surface area contributed by atoms with Gasteiger partial charge < -0.3 is 25.1 Å². The minimum Gasteiger partial charge on any atom is -0.450 e. The molecule has 1 unspecified atom stereocenters. The number of aromatic amines is 1. The molecule has 0 saturated carbocycles. The number of H-pyrrole nitrogens is 1. The first-order chi connectivity index (χ1) is 15.7. The molecule has 0 bridgehead atoms. The number of carbonyl (C=O) groups excluding carboxylic acids is 1. The van der Waals surface area contributed by atoms with Crippen LogP contribution in [0.5, 0.6) is 11.5 Å². The third kappa shape index (κ3) is 5.16. The minimum absolute atomic E-state index is 0.154. The Morgan fingerprint density at radius 2 is 2.03 bits per heavy atom. The number of fused-ring (bicyclic) bond motifs is 1. The number of carbonyl (C=O) groups is 1. The van der Waals surface area contributed by atoms with Crippen LogP contribution in [0.1, 0.15) is 18.4 Å².